The summed E-state index contributed by atoms with van der Waals surface area (Å²) in [5, 5.41) is 7.35. The summed E-state index contributed by atoms with van der Waals surface area (Å²) in [6.07, 6.45) is 2.88. The van der Waals surface area contributed by atoms with Gasteiger partial charge < -0.3 is 15.6 Å². The Labute approximate surface area is 158 Å². The molecule has 0 radical (unpaired) electrons. The van der Waals surface area contributed by atoms with Crippen LogP contribution in [0.15, 0.2) is 48.7 Å². The second kappa shape index (κ2) is 7.83. The van der Waals surface area contributed by atoms with Crippen LogP contribution in [-0.2, 0) is 6.42 Å². The zero-order valence-electron chi connectivity index (χ0n) is 15.3. The van der Waals surface area contributed by atoms with Crippen molar-refractivity contribution >= 4 is 34.2 Å². The SMILES string of the molecule is CC(C)Cc1ccc(C(C)NC(=O)Nc2cc(Cl)c3cc[nH]c3c2)cc1. The first-order valence-electron chi connectivity index (χ1n) is 8.85. The van der Waals surface area contributed by atoms with Gasteiger partial charge in [-0.2, -0.15) is 0 Å². The molecule has 0 aliphatic rings. The molecule has 3 N–H and O–H groups in total. The third kappa shape index (κ3) is 4.38. The Morgan fingerprint density at radius 2 is 1.85 bits per heavy atom. The summed E-state index contributed by atoms with van der Waals surface area (Å²) in [4.78, 5) is 15.4. The maximum absolute atomic E-state index is 12.3. The van der Waals surface area contributed by atoms with Crippen LogP contribution in [0.3, 0.4) is 0 Å². The summed E-state index contributed by atoms with van der Waals surface area (Å²) in [5.41, 5.74) is 3.93. The fourth-order valence-corrected chi connectivity index (χ4v) is 3.34. The van der Waals surface area contributed by atoms with Crippen LogP contribution in [-0.4, -0.2) is 11.0 Å². The van der Waals surface area contributed by atoms with Gasteiger partial charge in [-0.15, -0.1) is 0 Å². The first kappa shape index (κ1) is 18.3. The maximum Gasteiger partial charge on any atom is 0.319 e. The smallest absolute Gasteiger partial charge is 0.319 e. The van der Waals surface area contributed by atoms with Crippen molar-refractivity contribution < 1.29 is 4.79 Å². The molecule has 0 saturated heterocycles. The van der Waals surface area contributed by atoms with Crippen LogP contribution < -0.4 is 10.6 Å². The first-order chi connectivity index (χ1) is 12.4. The number of amides is 2. The van der Waals surface area contributed by atoms with E-state index >= 15 is 0 Å². The predicted molar refractivity (Wildman–Crippen MR) is 109 cm³/mol. The highest BCUT2D eigenvalue weighted by Crippen LogP contribution is 2.27. The van der Waals surface area contributed by atoms with Crippen molar-refractivity contribution in [1.82, 2.24) is 10.3 Å². The van der Waals surface area contributed by atoms with Gasteiger partial charge in [0.1, 0.15) is 0 Å². The number of carbonyl (C=O) groups excluding carboxylic acids is 1. The highest BCUT2D eigenvalue weighted by Gasteiger charge is 2.11. The standard InChI is InChI=1S/C21H24ClN3O/c1-13(2)10-15-4-6-16(7-5-15)14(3)24-21(26)25-17-11-19(22)18-8-9-23-20(18)12-17/h4-9,11-14,23H,10H2,1-3H3,(H2,24,25,26). The van der Waals surface area contributed by atoms with Crippen molar-refractivity contribution in [2.75, 3.05) is 5.32 Å². The van der Waals surface area contributed by atoms with Crippen LogP contribution in [0, 0.1) is 5.92 Å². The third-order valence-electron chi connectivity index (χ3n) is 4.35. The molecule has 1 atom stereocenters. The van der Waals surface area contributed by atoms with Gasteiger partial charge in [0.25, 0.3) is 0 Å². The van der Waals surface area contributed by atoms with Gasteiger partial charge in [-0.3, -0.25) is 0 Å². The molecule has 0 fully saturated rings. The number of benzene rings is 2. The minimum Gasteiger partial charge on any atom is -0.361 e. The molecule has 0 spiro atoms. The summed E-state index contributed by atoms with van der Waals surface area (Å²) < 4.78 is 0. The summed E-state index contributed by atoms with van der Waals surface area (Å²) >= 11 is 6.25. The number of fused-ring (bicyclic) bond motifs is 1. The van der Waals surface area contributed by atoms with Crippen LogP contribution in [0.2, 0.25) is 5.02 Å². The number of carbonyl (C=O) groups is 1. The largest absolute Gasteiger partial charge is 0.361 e. The molecule has 2 aromatic carbocycles. The van der Waals surface area contributed by atoms with Crippen molar-refractivity contribution in [1.29, 1.82) is 0 Å². The number of rotatable bonds is 5. The first-order valence-corrected chi connectivity index (χ1v) is 9.23. The summed E-state index contributed by atoms with van der Waals surface area (Å²) in [6.45, 7) is 6.39. The molecular formula is C21H24ClN3O. The maximum atomic E-state index is 12.3. The Morgan fingerprint density at radius 1 is 1.12 bits per heavy atom. The molecule has 3 aromatic rings. The number of anilines is 1. The van der Waals surface area contributed by atoms with Crippen LogP contribution in [0.4, 0.5) is 10.5 Å². The minimum absolute atomic E-state index is 0.0900. The van der Waals surface area contributed by atoms with E-state index in [1.54, 1.807) is 6.07 Å². The van der Waals surface area contributed by atoms with Crippen molar-refractivity contribution in [3.8, 4) is 0 Å². The lowest BCUT2D eigenvalue weighted by atomic mass is 10.00. The van der Waals surface area contributed by atoms with E-state index in [1.807, 2.05) is 25.3 Å². The number of urea groups is 1. The zero-order valence-corrected chi connectivity index (χ0v) is 16.0. The number of aromatic amines is 1. The fourth-order valence-electron chi connectivity index (χ4n) is 3.05. The van der Waals surface area contributed by atoms with Gasteiger partial charge in [0.15, 0.2) is 0 Å². The highest BCUT2D eigenvalue weighted by atomic mass is 35.5. The molecule has 0 saturated carbocycles. The molecule has 4 nitrogen and oxygen atoms in total. The summed E-state index contributed by atoms with van der Waals surface area (Å²) in [5.74, 6) is 0.631. The molecule has 26 heavy (non-hydrogen) atoms. The number of hydrogen-bond acceptors (Lipinski definition) is 1. The predicted octanol–water partition coefficient (Wildman–Crippen LogP) is 5.90. The summed E-state index contributed by atoms with van der Waals surface area (Å²) in [6, 6.07) is 13.6. The van der Waals surface area contributed by atoms with Gasteiger partial charge >= 0.3 is 6.03 Å². The summed E-state index contributed by atoms with van der Waals surface area (Å²) in [7, 11) is 0. The Balaban J connectivity index is 1.63. The fraction of sp³-hybridized carbons (Fsp3) is 0.286. The van der Waals surface area contributed by atoms with E-state index in [1.165, 1.54) is 5.56 Å². The molecule has 3 rings (SSSR count). The average molecular weight is 370 g/mol. The van der Waals surface area contributed by atoms with Crippen LogP contribution in [0.25, 0.3) is 10.9 Å². The number of aromatic nitrogens is 1. The number of halogens is 1. The highest BCUT2D eigenvalue weighted by molar-refractivity contribution is 6.35. The lowest BCUT2D eigenvalue weighted by molar-refractivity contribution is 0.249. The lowest BCUT2D eigenvalue weighted by Gasteiger charge is -2.16. The number of nitrogens with one attached hydrogen (secondary N) is 3. The van der Waals surface area contributed by atoms with Gasteiger partial charge in [-0.1, -0.05) is 49.7 Å². The topological polar surface area (TPSA) is 56.9 Å². The van der Waals surface area contributed by atoms with E-state index in [-0.39, 0.29) is 12.1 Å². The van der Waals surface area contributed by atoms with Crippen molar-refractivity contribution in [2.24, 2.45) is 5.92 Å². The molecule has 1 aromatic heterocycles. The second-order valence-electron chi connectivity index (χ2n) is 7.06. The van der Waals surface area contributed by atoms with E-state index in [4.69, 9.17) is 11.6 Å². The third-order valence-corrected chi connectivity index (χ3v) is 4.66. The Morgan fingerprint density at radius 3 is 2.54 bits per heavy atom. The molecule has 136 valence electrons. The molecule has 5 heteroatoms. The van der Waals surface area contributed by atoms with E-state index in [9.17, 15) is 4.79 Å². The lowest BCUT2D eigenvalue weighted by Crippen LogP contribution is -2.31. The van der Waals surface area contributed by atoms with Crippen molar-refractivity contribution in [2.45, 2.75) is 33.2 Å². The van der Waals surface area contributed by atoms with Crippen LogP contribution in [0.1, 0.15) is 37.9 Å². The average Bonchev–Trinajstić information content (AvgIpc) is 3.03. The quantitative estimate of drug-likeness (QED) is 0.515. The van der Waals surface area contributed by atoms with Crippen LogP contribution in [0.5, 0.6) is 0 Å². The monoisotopic (exact) mass is 369 g/mol. The van der Waals surface area contributed by atoms with Crippen molar-refractivity contribution in [3.05, 3.63) is 64.8 Å². The van der Waals surface area contributed by atoms with Gasteiger partial charge in [0.05, 0.1) is 11.1 Å². The Hall–Kier alpha value is -2.46. The molecular weight excluding hydrogens is 346 g/mol. The Bertz CT molecular complexity index is 899. The minimum atomic E-state index is -0.259. The van der Waals surface area contributed by atoms with E-state index in [0.29, 0.717) is 16.6 Å². The van der Waals surface area contributed by atoms with Crippen molar-refractivity contribution in [3.63, 3.8) is 0 Å². The molecule has 0 aliphatic carbocycles. The van der Waals surface area contributed by atoms with Gasteiger partial charge in [-0.25, -0.2) is 4.79 Å². The second-order valence-corrected chi connectivity index (χ2v) is 7.46. The van der Waals surface area contributed by atoms with E-state index < -0.39 is 0 Å². The number of H-pyrrole nitrogens is 1. The van der Waals surface area contributed by atoms with Gasteiger partial charge in [0, 0.05) is 22.8 Å². The number of hydrogen-bond donors (Lipinski definition) is 3. The van der Waals surface area contributed by atoms with E-state index in [2.05, 4.69) is 53.7 Å². The molecule has 1 heterocycles. The van der Waals surface area contributed by atoms with Gasteiger partial charge in [-0.05, 0) is 48.6 Å². The molecule has 2 amide bonds. The Kier molecular flexibility index (Phi) is 5.52. The molecule has 0 bridgehead atoms. The van der Waals surface area contributed by atoms with Crippen LogP contribution >= 0.6 is 11.6 Å². The zero-order chi connectivity index (χ0) is 18.7. The van der Waals surface area contributed by atoms with Gasteiger partial charge in [0.2, 0.25) is 0 Å². The molecule has 0 aliphatic heterocycles. The molecule has 1 unspecified atom stereocenters. The normalized spacial score (nSPS) is 12.3. The van der Waals surface area contributed by atoms with E-state index in [0.717, 1.165) is 22.9 Å².